The van der Waals surface area contributed by atoms with Crippen LogP contribution in [0.15, 0.2) is 36.8 Å². The molecule has 0 atom stereocenters. The van der Waals surface area contributed by atoms with Crippen LogP contribution in [0, 0.1) is 0 Å². The molecule has 1 rings (SSSR count). The summed E-state index contributed by atoms with van der Waals surface area (Å²) in [5, 5.41) is 0. The molecule has 2 heteroatoms. The van der Waals surface area contributed by atoms with E-state index in [4.69, 9.17) is 0 Å². The predicted molar refractivity (Wildman–Crippen MR) is 50.5 cm³/mol. The first-order chi connectivity index (χ1) is 5.88. The number of hydrogen-bond donors (Lipinski definition) is 0. The molecule has 0 bridgehead atoms. The van der Waals surface area contributed by atoms with E-state index in [1.165, 1.54) is 0 Å². The predicted octanol–water partition coefficient (Wildman–Crippen LogP) is 2.46. The van der Waals surface area contributed by atoms with Crippen molar-refractivity contribution in [3.63, 3.8) is 0 Å². The Kier molecular flexibility index (Phi) is 3.20. The lowest BCUT2D eigenvalue weighted by Crippen LogP contribution is -1.86. The third kappa shape index (κ3) is 2.02. The van der Waals surface area contributed by atoms with Crippen LogP contribution >= 0.6 is 0 Å². The van der Waals surface area contributed by atoms with Gasteiger partial charge in [-0.2, -0.15) is 0 Å². The summed E-state index contributed by atoms with van der Waals surface area (Å²) in [5.41, 5.74) is 2.02. The van der Waals surface area contributed by atoms with Crippen LogP contribution in [0.3, 0.4) is 0 Å². The van der Waals surface area contributed by atoms with Crippen molar-refractivity contribution >= 4 is 5.57 Å². The average Bonchev–Trinajstić information content (AvgIpc) is 2.15. The number of allylic oxidation sites excluding steroid dienone is 4. The van der Waals surface area contributed by atoms with Gasteiger partial charge < -0.3 is 0 Å². The molecule has 12 heavy (non-hydrogen) atoms. The van der Waals surface area contributed by atoms with Gasteiger partial charge in [-0.15, -0.1) is 0 Å². The molecule has 0 saturated carbocycles. The number of hydrogen-bond acceptors (Lipinski definition) is 2. The highest BCUT2D eigenvalue weighted by molar-refractivity contribution is 5.70. The lowest BCUT2D eigenvalue weighted by molar-refractivity contribution is 1.17. The molecule has 1 heterocycles. The smallest absolute Gasteiger partial charge is 0.0881 e. The molecule has 0 aliphatic heterocycles. The molecule has 0 aliphatic carbocycles. The van der Waals surface area contributed by atoms with E-state index >= 15 is 0 Å². The van der Waals surface area contributed by atoms with E-state index in [2.05, 4.69) is 9.97 Å². The molecule has 1 aromatic heterocycles. The molecule has 0 unspecified atom stereocenters. The van der Waals surface area contributed by atoms with Gasteiger partial charge in [0.15, 0.2) is 0 Å². The van der Waals surface area contributed by atoms with Crippen LogP contribution in [-0.4, -0.2) is 9.97 Å². The second-order valence-electron chi connectivity index (χ2n) is 2.33. The monoisotopic (exact) mass is 160 g/mol. The molecule has 0 fully saturated rings. The molecule has 0 saturated heterocycles. The van der Waals surface area contributed by atoms with Gasteiger partial charge in [0.2, 0.25) is 0 Å². The lowest BCUT2D eigenvalue weighted by Gasteiger charge is -1.97. The van der Waals surface area contributed by atoms with Crippen LogP contribution in [0.4, 0.5) is 0 Å². The van der Waals surface area contributed by atoms with Crippen molar-refractivity contribution in [3.05, 3.63) is 42.5 Å². The highest BCUT2D eigenvalue weighted by Crippen LogP contribution is 2.10. The zero-order valence-corrected chi connectivity index (χ0v) is 7.36. The minimum absolute atomic E-state index is 0.915. The zero-order chi connectivity index (χ0) is 8.81. The van der Waals surface area contributed by atoms with Gasteiger partial charge in [0.25, 0.3) is 0 Å². The highest BCUT2D eigenvalue weighted by Gasteiger charge is 1.95. The third-order valence-corrected chi connectivity index (χ3v) is 1.52. The summed E-state index contributed by atoms with van der Waals surface area (Å²) in [6.07, 6.45) is 11.2. The van der Waals surface area contributed by atoms with Gasteiger partial charge >= 0.3 is 0 Å². The quantitative estimate of drug-likeness (QED) is 0.621. The molecule has 0 radical (unpaired) electrons. The van der Waals surface area contributed by atoms with Crippen LogP contribution in [0.1, 0.15) is 19.5 Å². The average molecular weight is 160 g/mol. The lowest BCUT2D eigenvalue weighted by atomic mass is 10.2. The maximum Gasteiger partial charge on any atom is 0.0881 e. The number of aromatic nitrogens is 2. The van der Waals surface area contributed by atoms with E-state index in [-0.39, 0.29) is 0 Å². The summed E-state index contributed by atoms with van der Waals surface area (Å²) in [4.78, 5) is 8.19. The summed E-state index contributed by atoms with van der Waals surface area (Å²) in [6, 6.07) is 0. The van der Waals surface area contributed by atoms with Crippen LogP contribution in [0.25, 0.3) is 5.57 Å². The zero-order valence-electron chi connectivity index (χ0n) is 7.36. The number of nitrogens with zero attached hydrogens (tertiary/aromatic N) is 2. The van der Waals surface area contributed by atoms with Gasteiger partial charge in [-0.05, 0) is 19.4 Å². The molecular weight excluding hydrogens is 148 g/mol. The first-order valence-corrected chi connectivity index (χ1v) is 3.94. The van der Waals surface area contributed by atoms with Gasteiger partial charge in [0, 0.05) is 12.4 Å². The largest absolute Gasteiger partial charge is 0.261 e. The van der Waals surface area contributed by atoms with Crippen molar-refractivity contribution in [2.45, 2.75) is 13.8 Å². The highest BCUT2D eigenvalue weighted by atomic mass is 14.8. The van der Waals surface area contributed by atoms with Crippen LogP contribution in [-0.2, 0) is 0 Å². The van der Waals surface area contributed by atoms with Crippen molar-refractivity contribution in [3.8, 4) is 0 Å². The first-order valence-electron chi connectivity index (χ1n) is 3.94. The molecular formula is C10H12N2. The first kappa shape index (κ1) is 8.65. The third-order valence-electron chi connectivity index (χ3n) is 1.52. The fourth-order valence-electron chi connectivity index (χ4n) is 0.957. The van der Waals surface area contributed by atoms with Crippen molar-refractivity contribution in [2.75, 3.05) is 0 Å². The Labute approximate surface area is 72.7 Å². The molecule has 0 aliphatic rings. The Morgan fingerprint density at radius 1 is 1.33 bits per heavy atom. The molecule has 1 aromatic rings. The van der Waals surface area contributed by atoms with E-state index in [1.54, 1.807) is 18.6 Å². The summed E-state index contributed by atoms with van der Waals surface area (Å²) in [7, 11) is 0. The van der Waals surface area contributed by atoms with Crippen molar-refractivity contribution in [2.24, 2.45) is 0 Å². The van der Waals surface area contributed by atoms with Crippen molar-refractivity contribution < 1.29 is 0 Å². The number of rotatable bonds is 2. The molecule has 0 amide bonds. The normalized spacial score (nSPS) is 12.3. The van der Waals surface area contributed by atoms with Gasteiger partial charge in [-0.1, -0.05) is 18.2 Å². The summed E-state index contributed by atoms with van der Waals surface area (Å²) < 4.78 is 0. The molecule has 0 aromatic carbocycles. The maximum absolute atomic E-state index is 4.19. The van der Waals surface area contributed by atoms with Crippen LogP contribution in [0.5, 0.6) is 0 Å². The Balaban J connectivity index is 2.97. The fourth-order valence-corrected chi connectivity index (χ4v) is 0.957. The van der Waals surface area contributed by atoms with Crippen LogP contribution < -0.4 is 0 Å². The maximum atomic E-state index is 4.19. The van der Waals surface area contributed by atoms with E-state index in [0.29, 0.717) is 0 Å². The van der Waals surface area contributed by atoms with E-state index in [9.17, 15) is 0 Å². The topological polar surface area (TPSA) is 25.8 Å². The van der Waals surface area contributed by atoms with Crippen molar-refractivity contribution in [1.29, 1.82) is 0 Å². The molecule has 2 nitrogen and oxygen atoms in total. The molecule has 62 valence electrons. The minimum atomic E-state index is 0.915. The SMILES string of the molecule is C/C=C\C(=C/C)c1cnccn1. The van der Waals surface area contributed by atoms with E-state index in [1.807, 2.05) is 32.1 Å². The molecule has 0 spiro atoms. The summed E-state index contributed by atoms with van der Waals surface area (Å²) in [5.74, 6) is 0. The minimum Gasteiger partial charge on any atom is -0.261 e. The van der Waals surface area contributed by atoms with Gasteiger partial charge in [0.05, 0.1) is 11.9 Å². The van der Waals surface area contributed by atoms with Crippen molar-refractivity contribution in [1.82, 2.24) is 9.97 Å². The van der Waals surface area contributed by atoms with E-state index < -0.39 is 0 Å². The fraction of sp³-hybridized carbons (Fsp3) is 0.200. The van der Waals surface area contributed by atoms with Gasteiger partial charge in [-0.3, -0.25) is 9.97 Å². The van der Waals surface area contributed by atoms with Crippen LogP contribution in [0.2, 0.25) is 0 Å². The Morgan fingerprint density at radius 3 is 2.67 bits per heavy atom. The standard InChI is InChI=1S/C10H12N2/c1-3-5-9(4-2)10-8-11-6-7-12-10/h3-8H,1-2H3/b5-3-,9-4+. The van der Waals surface area contributed by atoms with Gasteiger partial charge in [-0.25, -0.2) is 0 Å². The summed E-state index contributed by atoms with van der Waals surface area (Å²) >= 11 is 0. The Hall–Kier alpha value is -1.44. The second-order valence-corrected chi connectivity index (χ2v) is 2.33. The Bertz CT molecular complexity index is 286. The second kappa shape index (κ2) is 4.44. The Morgan fingerprint density at radius 2 is 2.17 bits per heavy atom. The van der Waals surface area contributed by atoms with Gasteiger partial charge in [0.1, 0.15) is 0 Å². The molecule has 0 N–H and O–H groups in total. The summed E-state index contributed by atoms with van der Waals surface area (Å²) in [6.45, 7) is 3.98. The van der Waals surface area contributed by atoms with E-state index in [0.717, 1.165) is 11.3 Å².